The Balaban J connectivity index is 2.41. The molecule has 1 rings (SSSR count). The molecule has 5 nitrogen and oxygen atoms in total. The van der Waals surface area contributed by atoms with Gasteiger partial charge in [-0.25, -0.2) is 9.59 Å². The van der Waals surface area contributed by atoms with Gasteiger partial charge in [-0.1, -0.05) is 0 Å². The third kappa shape index (κ3) is 5.25. The summed E-state index contributed by atoms with van der Waals surface area (Å²) in [6, 6.07) is -0.852. The molecule has 0 bridgehead atoms. The molecule has 1 fully saturated rings. The van der Waals surface area contributed by atoms with Crippen LogP contribution in [0.3, 0.4) is 0 Å². The fourth-order valence-corrected chi connectivity index (χ4v) is 1.74. The van der Waals surface area contributed by atoms with Gasteiger partial charge in [0.05, 0.1) is 0 Å². The summed E-state index contributed by atoms with van der Waals surface area (Å²) < 4.78 is 5.00. The maximum atomic E-state index is 11.4. The predicted molar refractivity (Wildman–Crippen MR) is 61.7 cm³/mol. The maximum absolute atomic E-state index is 11.4. The first-order valence-electron chi connectivity index (χ1n) is 5.12. The number of amides is 1. The van der Waals surface area contributed by atoms with E-state index < -0.39 is 23.7 Å². The number of alkyl carbamates (subject to hydrolysis) is 1. The van der Waals surface area contributed by atoms with Crippen LogP contribution in [0.25, 0.3) is 0 Å². The second kappa shape index (κ2) is 4.95. The van der Waals surface area contributed by atoms with Gasteiger partial charge in [0.25, 0.3) is 0 Å². The lowest BCUT2D eigenvalue weighted by Crippen LogP contribution is -2.44. The third-order valence-corrected chi connectivity index (χ3v) is 2.89. The molecule has 2 atom stereocenters. The quantitative estimate of drug-likeness (QED) is 0.736. The lowest BCUT2D eigenvalue weighted by atomic mass is 10.2. The zero-order valence-electron chi connectivity index (χ0n) is 9.65. The van der Waals surface area contributed by atoms with E-state index in [4.69, 9.17) is 9.84 Å². The lowest BCUT2D eigenvalue weighted by Gasteiger charge is -2.21. The second-order valence-electron chi connectivity index (χ2n) is 4.73. The van der Waals surface area contributed by atoms with Crippen molar-refractivity contribution >= 4 is 23.8 Å². The van der Waals surface area contributed by atoms with Gasteiger partial charge in [-0.15, -0.1) is 0 Å². The highest BCUT2D eigenvalue weighted by molar-refractivity contribution is 8.06. The molecule has 1 amide bonds. The number of carbonyl (C=O) groups is 2. The molecule has 16 heavy (non-hydrogen) atoms. The van der Waals surface area contributed by atoms with Crippen molar-refractivity contribution in [3.05, 3.63) is 0 Å². The minimum Gasteiger partial charge on any atom is -0.480 e. The summed E-state index contributed by atoms with van der Waals surface area (Å²) in [7, 11) is 0. The summed E-state index contributed by atoms with van der Waals surface area (Å²) in [5.41, 5.74) is -0.610. The molecule has 0 spiro atoms. The monoisotopic (exact) mass is 247 g/mol. The number of thioether (sulfide) groups is 1. The van der Waals surface area contributed by atoms with E-state index in [0.717, 1.165) is 5.75 Å². The molecular formula is C10H17NO4S. The van der Waals surface area contributed by atoms with Crippen molar-refractivity contribution in [1.82, 2.24) is 5.32 Å². The number of aliphatic carboxylic acids is 1. The van der Waals surface area contributed by atoms with Gasteiger partial charge >= 0.3 is 12.1 Å². The fourth-order valence-electron chi connectivity index (χ4n) is 1.14. The van der Waals surface area contributed by atoms with Crippen LogP contribution in [0.15, 0.2) is 0 Å². The number of hydrogen-bond acceptors (Lipinski definition) is 4. The zero-order valence-corrected chi connectivity index (χ0v) is 10.5. The molecule has 92 valence electrons. The van der Waals surface area contributed by atoms with Gasteiger partial charge < -0.3 is 15.2 Å². The first kappa shape index (κ1) is 13.2. The van der Waals surface area contributed by atoms with Crippen LogP contribution >= 0.6 is 11.8 Å². The number of carboxylic acid groups (broad SMARTS) is 1. The standard InChI is InChI=1S/C10H17NO4S/c1-10(2,3)15-9(14)11-7(8(12)13)4-6-5-16-6/h6-7H,4-5H2,1-3H3,(H,11,14)(H,12,13)/t6?,7-/m0/s1. The van der Waals surface area contributed by atoms with Crippen LogP contribution in [0.5, 0.6) is 0 Å². The van der Waals surface area contributed by atoms with Crippen LogP contribution in [0, 0.1) is 0 Å². The minimum atomic E-state index is -1.02. The highest BCUT2D eigenvalue weighted by atomic mass is 32.2. The van der Waals surface area contributed by atoms with E-state index in [9.17, 15) is 9.59 Å². The summed E-state index contributed by atoms with van der Waals surface area (Å²) in [6.07, 6.45) is -0.218. The Bertz CT molecular complexity index is 283. The number of ether oxygens (including phenoxy) is 1. The number of rotatable bonds is 4. The third-order valence-electron chi connectivity index (χ3n) is 1.89. The van der Waals surface area contributed by atoms with Gasteiger partial charge in [0, 0.05) is 11.0 Å². The van der Waals surface area contributed by atoms with Crippen molar-refractivity contribution in [2.75, 3.05) is 5.75 Å². The Kier molecular flexibility index (Phi) is 4.07. The molecule has 1 saturated heterocycles. The van der Waals surface area contributed by atoms with Crippen LogP contribution in [0.2, 0.25) is 0 Å². The molecule has 2 N–H and O–H groups in total. The summed E-state index contributed by atoms with van der Waals surface area (Å²) in [6.45, 7) is 5.21. The molecule has 0 radical (unpaired) electrons. The highest BCUT2D eigenvalue weighted by Gasteiger charge is 2.31. The van der Waals surface area contributed by atoms with E-state index in [1.54, 1.807) is 32.5 Å². The van der Waals surface area contributed by atoms with E-state index in [-0.39, 0.29) is 0 Å². The van der Waals surface area contributed by atoms with Crippen molar-refractivity contribution in [2.24, 2.45) is 0 Å². The molecule has 1 aliphatic heterocycles. The Morgan fingerprint density at radius 2 is 2.12 bits per heavy atom. The summed E-state index contributed by atoms with van der Waals surface area (Å²) >= 11 is 1.70. The first-order valence-corrected chi connectivity index (χ1v) is 6.17. The highest BCUT2D eigenvalue weighted by Crippen LogP contribution is 2.34. The van der Waals surface area contributed by atoms with Crippen LogP contribution in [0.1, 0.15) is 27.2 Å². The normalized spacial score (nSPS) is 21.1. The number of carbonyl (C=O) groups excluding carboxylic acids is 1. The van der Waals surface area contributed by atoms with Crippen molar-refractivity contribution in [1.29, 1.82) is 0 Å². The molecule has 0 aliphatic carbocycles. The molecule has 0 aromatic heterocycles. The van der Waals surface area contributed by atoms with Crippen molar-refractivity contribution in [3.8, 4) is 0 Å². The molecule has 0 saturated carbocycles. The summed E-state index contributed by atoms with van der Waals surface area (Å²) in [5, 5.41) is 11.6. The van der Waals surface area contributed by atoms with E-state index >= 15 is 0 Å². The molecule has 6 heteroatoms. The molecule has 1 heterocycles. The number of nitrogens with one attached hydrogen (secondary N) is 1. The van der Waals surface area contributed by atoms with Crippen LogP contribution in [-0.2, 0) is 9.53 Å². The molecule has 1 aliphatic rings. The van der Waals surface area contributed by atoms with Crippen LogP contribution in [0.4, 0.5) is 4.79 Å². The van der Waals surface area contributed by atoms with Gasteiger partial charge in [0.1, 0.15) is 11.6 Å². The van der Waals surface area contributed by atoms with Gasteiger partial charge in [-0.2, -0.15) is 11.8 Å². The number of hydrogen-bond donors (Lipinski definition) is 2. The van der Waals surface area contributed by atoms with Gasteiger partial charge in [0.15, 0.2) is 0 Å². The molecule has 1 unspecified atom stereocenters. The van der Waals surface area contributed by atoms with Gasteiger partial charge in [-0.3, -0.25) is 0 Å². The Morgan fingerprint density at radius 1 is 1.56 bits per heavy atom. The summed E-state index contributed by atoms with van der Waals surface area (Å²) in [5.74, 6) is -0.0434. The average Bonchev–Trinajstić information content (AvgIpc) is 2.82. The smallest absolute Gasteiger partial charge is 0.408 e. The predicted octanol–water partition coefficient (Wildman–Crippen LogP) is 1.47. The van der Waals surface area contributed by atoms with Crippen molar-refractivity contribution in [2.45, 2.75) is 44.1 Å². The van der Waals surface area contributed by atoms with E-state index in [1.165, 1.54) is 0 Å². The van der Waals surface area contributed by atoms with Gasteiger partial charge in [-0.05, 0) is 27.2 Å². The second-order valence-corrected chi connectivity index (χ2v) is 6.06. The first-order chi connectivity index (χ1) is 7.28. The number of carboxylic acids is 1. The minimum absolute atomic E-state index is 0.357. The average molecular weight is 247 g/mol. The lowest BCUT2D eigenvalue weighted by molar-refractivity contribution is -0.139. The molecule has 0 aromatic carbocycles. The van der Waals surface area contributed by atoms with Gasteiger partial charge in [0.2, 0.25) is 0 Å². The summed E-state index contributed by atoms with van der Waals surface area (Å²) in [4.78, 5) is 22.3. The largest absolute Gasteiger partial charge is 0.480 e. The SMILES string of the molecule is CC(C)(C)OC(=O)N[C@@H](CC1CS1)C(=O)O. The van der Waals surface area contributed by atoms with Crippen LogP contribution < -0.4 is 5.32 Å². The van der Waals surface area contributed by atoms with Crippen molar-refractivity contribution < 1.29 is 19.4 Å². The zero-order chi connectivity index (χ0) is 12.3. The Hall–Kier alpha value is -0.910. The van der Waals surface area contributed by atoms with E-state index in [1.807, 2.05) is 0 Å². The Morgan fingerprint density at radius 3 is 2.50 bits per heavy atom. The topological polar surface area (TPSA) is 75.6 Å². The van der Waals surface area contributed by atoms with E-state index in [2.05, 4.69) is 5.32 Å². The molecular weight excluding hydrogens is 230 g/mol. The van der Waals surface area contributed by atoms with Crippen LogP contribution in [-0.4, -0.2) is 39.8 Å². The Labute approximate surface area is 98.9 Å². The fraction of sp³-hybridized carbons (Fsp3) is 0.800. The maximum Gasteiger partial charge on any atom is 0.408 e. The van der Waals surface area contributed by atoms with E-state index in [0.29, 0.717) is 11.7 Å². The molecule has 0 aromatic rings. The van der Waals surface area contributed by atoms with Crippen molar-refractivity contribution in [3.63, 3.8) is 0 Å².